The van der Waals surface area contributed by atoms with Crippen LogP contribution in [0.3, 0.4) is 0 Å². The zero-order valence-electron chi connectivity index (χ0n) is 12.8. The standard InChI is InChI=1S/C16H17N3O4/c1-19(2)14(20)10-17-15(21)11-6-3-4-7-12(11)18-16(22)13-8-5-9-23-13/h3-9H,10H2,1-2H3,(H,17,21)(H,18,22). The zero-order valence-corrected chi connectivity index (χ0v) is 12.8. The number of benzene rings is 1. The Morgan fingerprint density at radius 2 is 1.78 bits per heavy atom. The first kappa shape index (κ1) is 16.3. The van der Waals surface area contributed by atoms with Crippen LogP contribution in [-0.2, 0) is 4.79 Å². The summed E-state index contributed by atoms with van der Waals surface area (Å²) in [5.74, 6) is -0.992. The molecule has 3 amide bonds. The molecule has 0 fully saturated rings. The SMILES string of the molecule is CN(C)C(=O)CNC(=O)c1ccccc1NC(=O)c1ccco1. The summed E-state index contributed by atoms with van der Waals surface area (Å²) in [6.07, 6.45) is 1.39. The van der Waals surface area contributed by atoms with Crippen LogP contribution in [0.4, 0.5) is 5.69 Å². The fourth-order valence-corrected chi connectivity index (χ4v) is 1.79. The normalized spacial score (nSPS) is 10.0. The molecule has 0 radical (unpaired) electrons. The van der Waals surface area contributed by atoms with Crippen molar-refractivity contribution in [3.8, 4) is 0 Å². The van der Waals surface area contributed by atoms with Gasteiger partial charge in [0.2, 0.25) is 5.91 Å². The maximum Gasteiger partial charge on any atom is 0.291 e. The second kappa shape index (κ2) is 7.26. The molecule has 0 atom stereocenters. The number of para-hydroxylation sites is 1. The molecule has 0 aliphatic rings. The molecule has 0 saturated carbocycles. The van der Waals surface area contributed by atoms with Crippen LogP contribution in [0.2, 0.25) is 0 Å². The van der Waals surface area contributed by atoms with Crippen LogP contribution >= 0.6 is 0 Å². The lowest BCUT2D eigenvalue weighted by atomic mass is 10.1. The molecule has 0 bridgehead atoms. The van der Waals surface area contributed by atoms with Crippen molar-refractivity contribution in [1.82, 2.24) is 10.2 Å². The second-order valence-electron chi connectivity index (χ2n) is 4.95. The molecule has 2 aromatic rings. The van der Waals surface area contributed by atoms with Crippen LogP contribution in [0.25, 0.3) is 0 Å². The fourth-order valence-electron chi connectivity index (χ4n) is 1.79. The zero-order chi connectivity index (χ0) is 16.8. The third-order valence-electron chi connectivity index (χ3n) is 3.06. The van der Waals surface area contributed by atoms with E-state index in [0.717, 1.165) is 0 Å². The van der Waals surface area contributed by atoms with E-state index >= 15 is 0 Å². The van der Waals surface area contributed by atoms with E-state index in [9.17, 15) is 14.4 Å². The van der Waals surface area contributed by atoms with Gasteiger partial charge in [-0.25, -0.2) is 0 Å². The largest absolute Gasteiger partial charge is 0.459 e. The molecule has 120 valence electrons. The van der Waals surface area contributed by atoms with Crippen molar-refractivity contribution in [1.29, 1.82) is 0 Å². The summed E-state index contributed by atoms with van der Waals surface area (Å²) in [4.78, 5) is 37.1. The van der Waals surface area contributed by atoms with Crippen molar-refractivity contribution in [3.05, 3.63) is 54.0 Å². The van der Waals surface area contributed by atoms with Crippen LogP contribution in [0.1, 0.15) is 20.9 Å². The Bertz CT molecular complexity index is 708. The van der Waals surface area contributed by atoms with Crippen molar-refractivity contribution < 1.29 is 18.8 Å². The smallest absolute Gasteiger partial charge is 0.291 e. The molecule has 1 heterocycles. The summed E-state index contributed by atoms with van der Waals surface area (Å²) in [6, 6.07) is 9.65. The Morgan fingerprint density at radius 3 is 2.43 bits per heavy atom. The van der Waals surface area contributed by atoms with Crippen molar-refractivity contribution in [2.75, 3.05) is 26.0 Å². The number of nitrogens with one attached hydrogen (secondary N) is 2. The Morgan fingerprint density at radius 1 is 1.04 bits per heavy atom. The summed E-state index contributed by atoms with van der Waals surface area (Å²) in [5, 5.41) is 5.14. The Hall–Kier alpha value is -3.09. The molecule has 7 heteroatoms. The van der Waals surface area contributed by atoms with Crippen LogP contribution in [-0.4, -0.2) is 43.3 Å². The lowest BCUT2D eigenvalue weighted by Gasteiger charge is -2.13. The van der Waals surface area contributed by atoms with Crippen LogP contribution in [0.15, 0.2) is 47.1 Å². The van der Waals surface area contributed by atoms with E-state index in [1.165, 1.54) is 17.2 Å². The molecule has 0 aliphatic heterocycles. The van der Waals surface area contributed by atoms with Gasteiger partial charge in [0.25, 0.3) is 11.8 Å². The number of furan rings is 1. The lowest BCUT2D eigenvalue weighted by molar-refractivity contribution is -0.127. The molecule has 0 aliphatic carbocycles. The highest BCUT2D eigenvalue weighted by atomic mass is 16.3. The summed E-state index contributed by atoms with van der Waals surface area (Å²) >= 11 is 0. The minimum Gasteiger partial charge on any atom is -0.459 e. The van der Waals surface area contributed by atoms with E-state index in [0.29, 0.717) is 5.69 Å². The first-order chi connectivity index (χ1) is 11.0. The molecule has 2 rings (SSSR count). The first-order valence-corrected chi connectivity index (χ1v) is 6.91. The van der Waals surface area contributed by atoms with Crippen LogP contribution in [0, 0.1) is 0 Å². The maximum absolute atomic E-state index is 12.2. The van der Waals surface area contributed by atoms with Gasteiger partial charge in [-0.3, -0.25) is 14.4 Å². The highest BCUT2D eigenvalue weighted by Crippen LogP contribution is 2.16. The number of anilines is 1. The molecular weight excluding hydrogens is 298 g/mol. The number of carbonyl (C=O) groups excluding carboxylic acids is 3. The molecule has 7 nitrogen and oxygen atoms in total. The number of nitrogens with zero attached hydrogens (tertiary/aromatic N) is 1. The van der Waals surface area contributed by atoms with Gasteiger partial charge in [0.15, 0.2) is 5.76 Å². The molecule has 0 spiro atoms. The minimum absolute atomic E-state index is 0.119. The van der Waals surface area contributed by atoms with Crippen LogP contribution in [0.5, 0.6) is 0 Å². The number of hydrogen-bond acceptors (Lipinski definition) is 4. The van der Waals surface area contributed by atoms with Crippen molar-refractivity contribution in [3.63, 3.8) is 0 Å². The van der Waals surface area contributed by atoms with Crippen LogP contribution < -0.4 is 10.6 Å². The van der Waals surface area contributed by atoms with E-state index in [4.69, 9.17) is 4.42 Å². The highest BCUT2D eigenvalue weighted by molar-refractivity contribution is 6.08. The van der Waals surface area contributed by atoms with E-state index in [2.05, 4.69) is 10.6 Å². The molecule has 2 N–H and O–H groups in total. The number of hydrogen-bond donors (Lipinski definition) is 2. The number of carbonyl (C=O) groups is 3. The van der Waals surface area contributed by atoms with Gasteiger partial charge in [0, 0.05) is 14.1 Å². The van der Waals surface area contributed by atoms with Gasteiger partial charge in [-0.2, -0.15) is 0 Å². The van der Waals surface area contributed by atoms with Gasteiger partial charge in [0.05, 0.1) is 24.1 Å². The topological polar surface area (TPSA) is 91.7 Å². The monoisotopic (exact) mass is 315 g/mol. The molecule has 0 saturated heterocycles. The maximum atomic E-state index is 12.2. The summed E-state index contributed by atoms with van der Waals surface area (Å²) in [5.41, 5.74) is 0.600. The first-order valence-electron chi connectivity index (χ1n) is 6.91. The average Bonchev–Trinajstić information content (AvgIpc) is 3.07. The predicted octanol–water partition coefficient (Wildman–Crippen LogP) is 1.35. The van der Waals surface area contributed by atoms with E-state index in [-0.39, 0.29) is 23.8 Å². The van der Waals surface area contributed by atoms with Crippen molar-refractivity contribution in [2.45, 2.75) is 0 Å². The quantitative estimate of drug-likeness (QED) is 0.871. The second-order valence-corrected chi connectivity index (χ2v) is 4.95. The Kier molecular flexibility index (Phi) is 5.14. The van der Waals surface area contributed by atoms with Gasteiger partial charge >= 0.3 is 0 Å². The van der Waals surface area contributed by atoms with Gasteiger partial charge in [-0.05, 0) is 24.3 Å². The molecule has 23 heavy (non-hydrogen) atoms. The lowest BCUT2D eigenvalue weighted by Crippen LogP contribution is -2.36. The van der Waals surface area contributed by atoms with Gasteiger partial charge < -0.3 is 20.0 Å². The van der Waals surface area contributed by atoms with E-state index < -0.39 is 11.8 Å². The Balaban J connectivity index is 2.09. The van der Waals surface area contributed by atoms with Gasteiger partial charge in [-0.15, -0.1) is 0 Å². The van der Waals surface area contributed by atoms with E-state index in [1.807, 2.05) is 0 Å². The molecule has 0 unspecified atom stereocenters. The van der Waals surface area contributed by atoms with Gasteiger partial charge in [-0.1, -0.05) is 12.1 Å². The Labute approximate surface area is 133 Å². The van der Waals surface area contributed by atoms with Crippen molar-refractivity contribution >= 4 is 23.4 Å². The summed E-state index contributed by atoms with van der Waals surface area (Å²) < 4.78 is 5.01. The molecule has 1 aromatic carbocycles. The third-order valence-corrected chi connectivity index (χ3v) is 3.06. The molecule has 1 aromatic heterocycles. The molecular formula is C16H17N3O4. The van der Waals surface area contributed by atoms with Crippen molar-refractivity contribution in [2.24, 2.45) is 0 Å². The third kappa shape index (κ3) is 4.19. The number of rotatable bonds is 5. The number of amides is 3. The highest BCUT2D eigenvalue weighted by Gasteiger charge is 2.16. The fraction of sp³-hybridized carbons (Fsp3) is 0.188. The summed E-state index contributed by atoms with van der Waals surface area (Å²) in [7, 11) is 3.21. The van der Waals surface area contributed by atoms with Gasteiger partial charge in [0.1, 0.15) is 0 Å². The number of likely N-dealkylation sites (N-methyl/N-ethyl adjacent to an activating group) is 1. The predicted molar refractivity (Wildman–Crippen MR) is 84.1 cm³/mol. The average molecular weight is 315 g/mol. The summed E-state index contributed by atoms with van der Waals surface area (Å²) in [6.45, 7) is -0.119. The minimum atomic E-state index is -0.459. The van der Waals surface area contributed by atoms with E-state index in [1.54, 1.807) is 44.4 Å².